The molecule has 0 amide bonds. The zero-order valence-corrected chi connectivity index (χ0v) is 27.1. The highest BCUT2D eigenvalue weighted by atomic mass is 16.5. The third-order valence-electron chi connectivity index (χ3n) is 9.15. The molecule has 8 heteroatoms. The lowest BCUT2D eigenvalue weighted by molar-refractivity contribution is -0.141. The van der Waals surface area contributed by atoms with Crippen LogP contribution in [0.4, 0.5) is 0 Å². The summed E-state index contributed by atoms with van der Waals surface area (Å²) in [5, 5.41) is 0. The van der Waals surface area contributed by atoms with Gasteiger partial charge in [0, 0.05) is 23.9 Å². The first kappa shape index (κ1) is 31.0. The summed E-state index contributed by atoms with van der Waals surface area (Å²) >= 11 is 0. The molecule has 0 aliphatic carbocycles. The maximum Gasteiger partial charge on any atom is 0.305 e. The molecule has 2 N–H and O–H groups in total. The van der Waals surface area contributed by atoms with E-state index in [2.05, 4.69) is 61.9 Å². The zero-order chi connectivity index (χ0) is 31.7. The number of nitrogens with zero attached hydrogens (tertiary/aromatic N) is 2. The van der Waals surface area contributed by atoms with Gasteiger partial charge < -0.3 is 19.4 Å². The summed E-state index contributed by atoms with van der Waals surface area (Å²) in [4.78, 5) is 42.1. The van der Waals surface area contributed by atoms with E-state index in [9.17, 15) is 9.59 Å². The van der Waals surface area contributed by atoms with Crippen molar-refractivity contribution in [3.63, 3.8) is 0 Å². The number of rotatable bonds is 8. The Balaban J connectivity index is 1.89. The van der Waals surface area contributed by atoms with E-state index in [0.29, 0.717) is 12.8 Å². The molecule has 2 aliphatic rings. The highest BCUT2D eigenvalue weighted by Crippen LogP contribution is 2.41. The minimum Gasteiger partial charge on any atom is -0.469 e. The number of methoxy groups -OCH3 is 2. The fourth-order valence-corrected chi connectivity index (χ4v) is 6.53. The van der Waals surface area contributed by atoms with Crippen LogP contribution in [0.15, 0.2) is 24.3 Å². The first-order valence-corrected chi connectivity index (χ1v) is 15.4. The third kappa shape index (κ3) is 5.49. The van der Waals surface area contributed by atoms with Gasteiger partial charge in [0.15, 0.2) is 0 Å². The Morgan fingerprint density at radius 3 is 1.39 bits per heavy atom. The Bertz CT molecular complexity index is 1750. The van der Waals surface area contributed by atoms with Gasteiger partial charge in [-0.15, -0.1) is 0 Å². The molecule has 0 saturated heterocycles. The summed E-state index contributed by atoms with van der Waals surface area (Å²) in [7, 11) is 2.81. The Morgan fingerprint density at radius 1 is 0.659 bits per heavy atom. The van der Waals surface area contributed by atoms with Crippen LogP contribution in [0.2, 0.25) is 0 Å². The monoisotopic (exact) mass is 594 g/mol. The molecule has 0 atom stereocenters. The number of ether oxygens (including phenoxy) is 2. The number of hydrogen-bond acceptors (Lipinski definition) is 6. The third-order valence-corrected chi connectivity index (χ3v) is 9.15. The van der Waals surface area contributed by atoms with E-state index in [-0.39, 0.29) is 24.8 Å². The molecular formula is C36H42N4O4. The van der Waals surface area contributed by atoms with Crippen LogP contribution in [0.1, 0.15) is 98.4 Å². The van der Waals surface area contributed by atoms with Crippen LogP contribution in [0, 0.1) is 13.8 Å². The lowest BCUT2D eigenvalue weighted by Gasteiger charge is -2.09. The number of esters is 2. The minimum absolute atomic E-state index is 0.233. The van der Waals surface area contributed by atoms with Crippen molar-refractivity contribution < 1.29 is 19.1 Å². The number of nitrogens with one attached hydrogen (secondary N) is 2. The molecule has 0 saturated carbocycles. The number of H-pyrrole nitrogens is 2. The minimum atomic E-state index is -0.276. The van der Waals surface area contributed by atoms with Gasteiger partial charge in [-0.3, -0.25) is 9.59 Å². The van der Waals surface area contributed by atoms with E-state index in [0.717, 1.165) is 80.0 Å². The molecule has 0 radical (unpaired) electrons. The molecule has 5 rings (SSSR count). The largest absolute Gasteiger partial charge is 0.469 e. The Hall–Kier alpha value is -4.46. The second kappa shape index (κ2) is 12.6. The van der Waals surface area contributed by atoms with Crippen LogP contribution in [0.25, 0.3) is 44.4 Å². The van der Waals surface area contributed by atoms with Crippen molar-refractivity contribution >= 4 is 56.3 Å². The van der Waals surface area contributed by atoms with Crippen LogP contribution in [0.3, 0.4) is 0 Å². The molecule has 5 heterocycles. The number of aromatic nitrogens is 4. The quantitative estimate of drug-likeness (QED) is 0.257. The zero-order valence-electron chi connectivity index (χ0n) is 27.1. The SMILES string of the molecule is CCc1c(C)c2[nH]c1ccc1nc(c3nc(ccc4[nH]c2c(C)c4CC)C(C)=C3CCC(=O)OC)C(CCC(=O)OC)=C1C. The van der Waals surface area contributed by atoms with Gasteiger partial charge >= 0.3 is 11.9 Å². The van der Waals surface area contributed by atoms with Crippen LogP contribution in [-0.4, -0.2) is 46.1 Å². The van der Waals surface area contributed by atoms with Crippen LogP contribution >= 0.6 is 0 Å². The molecule has 0 unspecified atom stereocenters. The van der Waals surface area contributed by atoms with Crippen molar-refractivity contribution in [1.82, 2.24) is 19.9 Å². The van der Waals surface area contributed by atoms with Gasteiger partial charge in [-0.1, -0.05) is 13.8 Å². The second-order valence-electron chi connectivity index (χ2n) is 11.5. The molecule has 8 nitrogen and oxygen atoms in total. The Kier molecular flexibility index (Phi) is 8.90. The molecule has 8 bridgehead atoms. The summed E-state index contributed by atoms with van der Waals surface area (Å²) in [6.07, 6.45) is 3.19. The fourth-order valence-electron chi connectivity index (χ4n) is 6.53. The number of hydrogen-bond donors (Lipinski definition) is 2. The van der Waals surface area contributed by atoms with Crippen LogP contribution in [0.5, 0.6) is 0 Å². The second-order valence-corrected chi connectivity index (χ2v) is 11.5. The van der Waals surface area contributed by atoms with E-state index < -0.39 is 0 Å². The molecule has 3 aromatic rings. The predicted octanol–water partition coefficient (Wildman–Crippen LogP) is 7.82. The highest BCUT2D eigenvalue weighted by Gasteiger charge is 2.27. The summed E-state index contributed by atoms with van der Waals surface area (Å²) in [6, 6.07) is 8.32. The molecule has 3 aromatic heterocycles. The van der Waals surface area contributed by atoms with Crippen molar-refractivity contribution in [3.8, 4) is 0 Å². The average Bonchev–Trinajstić information content (AvgIpc) is 3.71. The summed E-state index contributed by atoms with van der Waals surface area (Å²) < 4.78 is 9.93. The lowest BCUT2D eigenvalue weighted by atomic mass is 9.95. The Morgan fingerprint density at radius 2 is 1.05 bits per heavy atom. The first-order chi connectivity index (χ1) is 21.1. The maximum absolute atomic E-state index is 12.2. The molecule has 0 fully saturated rings. The maximum atomic E-state index is 12.2. The van der Waals surface area contributed by atoms with Gasteiger partial charge in [-0.25, -0.2) is 9.97 Å². The molecule has 44 heavy (non-hydrogen) atoms. The summed E-state index contributed by atoms with van der Waals surface area (Å²) in [6.45, 7) is 12.8. The van der Waals surface area contributed by atoms with Crippen molar-refractivity contribution in [2.45, 2.75) is 80.1 Å². The van der Waals surface area contributed by atoms with E-state index in [1.165, 1.54) is 36.5 Å². The van der Waals surface area contributed by atoms with Crippen molar-refractivity contribution in [2.24, 2.45) is 0 Å². The molecule has 0 spiro atoms. The number of allylic oxidation sites excluding steroid dienone is 4. The van der Waals surface area contributed by atoms with Crippen LogP contribution in [-0.2, 0) is 31.9 Å². The standard InChI is InChI=1S/C36H42N4O4/c1-9-23-21(5)33-34-22(6)24(10-2)30(40-34)16-14-28-20(4)26(12-18-32(42)44-8)36(38-28)35-25(11-17-31(41)43-7)19(3)27(37-35)13-15-29(23)39-33/h13-16,39-40H,9-12,17-18H2,1-8H3. The topological polar surface area (TPSA) is 110 Å². The van der Waals surface area contributed by atoms with E-state index in [4.69, 9.17) is 19.4 Å². The van der Waals surface area contributed by atoms with E-state index in [1.54, 1.807) is 0 Å². The highest BCUT2D eigenvalue weighted by molar-refractivity contribution is 6.00. The summed E-state index contributed by atoms with van der Waals surface area (Å²) in [5.41, 5.74) is 16.4. The number of aromatic amines is 2. The van der Waals surface area contributed by atoms with E-state index in [1.807, 2.05) is 13.8 Å². The predicted molar refractivity (Wildman–Crippen MR) is 177 cm³/mol. The van der Waals surface area contributed by atoms with Gasteiger partial charge in [-0.05, 0) is 122 Å². The fraction of sp³-hybridized carbons (Fsp3) is 0.389. The molecular weight excluding hydrogens is 552 g/mol. The smallest absolute Gasteiger partial charge is 0.305 e. The van der Waals surface area contributed by atoms with Crippen molar-refractivity contribution in [3.05, 3.63) is 69.3 Å². The van der Waals surface area contributed by atoms with Gasteiger partial charge in [0.1, 0.15) is 0 Å². The van der Waals surface area contributed by atoms with Crippen molar-refractivity contribution in [2.75, 3.05) is 14.2 Å². The number of carbonyl (C=O) groups is 2. The summed E-state index contributed by atoms with van der Waals surface area (Å²) in [5.74, 6) is -0.551. The lowest BCUT2D eigenvalue weighted by Crippen LogP contribution is -2.03. The molecule has 0 aromatic carbocycles. The van der Waals surface area contributed by atoms with Crippen molar-refractivity contribution in [1.29, 1.82) is 0 Å². The van der Waals surface area contributed by atoms with Gasteiger partial charge in [0.2, 0.25) is 0 Å². The van der Waals surface area contributed by atoms with E-state index >= 15 is 0 Å². The van der Waals surface area contributed by atoms with Gasteiger partial charge in [0.25, 0.3) is 0 Å². The van der Waals surface area contributed by atoms with Gasteiger partial charge in [-0.2, -0.15) is 0 Å². The Labute approximate surface area is 258 Å². The molecule has 2 aliphatic heterocycles. The number of fused-ring (bicyclic) bond motifs is 10. The average molecular weight is 595 g/mol. The number of carbonyl (C=O) groups excluding carboxylic acids is 2. The molecule has 230 valence electrons. The van der Waals surface area contributed by atoms with Gasteiger partial charge in [0.05, 0.1) is 48.0 Å². The van der Waals surface area contributed by atoms with Crippen LogP contribution < -0.4 is 0 Å². The number of aryl methyl sites for hydroxylation is 4. The first-order valence-electron chi connectivity index (χ1n) is 15.4. The normalized spacial score (nSPS) is 13.1.